The van der Waals surface area contributed by atoms with E-state index in [-0.39, 0.29) is 6.42 Å². The standard InChI is InChI=1S/C26H37NO3.C2HF3O2/c28-26(29)19-21-27-20-18-24-14-16-25(17-15-24)30-22-10-5-3-1-2-4-7-11-23-12-8-6-9-13-23;3-2(4,5)1(6)7/h6,8-9,12-17,27H,1-5,7,10-11,18-22H2,(H,28,29);(H,6,7). The smallest absolute Gasteiger partial charge is 0.490 e. The molecule has 0 saturated carbocycles. The van der Waals surface area contributed by atoms with Gasteiger partial charge in [0, 0.05) is 6.54 Å². The summed E-state index contributed by atoms with van der Waals surface area (Å²) in [5, 5.41) is 18.9. The zero-order valence-corrected chi connectivity index (χ0v) is 21.1. The minimum Gasteiger partial charge on any atom is -0.494 e. The number of hydrogen-bond donors (Lipinski definition) is 3. The van der Waals surface area contributed by atoms with Crippen LogP contribution in [0.25, 0.3) is 0 Å². The second-order valence-corrected chi connectivity index (χ2v) is 8.65. The molecule has 0 radical (unpaired) electrons. The number of aryl methyl sites for hydroxylation is 1. The van der Waals surface area contributed by atoms with E-state index in [4.69, 9.17) is 19.7 Å². The molecule has 0 fully saturated rings. The molecule has 206 valence electrons. The number of alkyl halides is 3. The lowest BCUT2D eigenvalue weighted by Gasteiger charge is -2.08. The largest absolute Gasteiger partial charge is 0.494 e. The van der Waals surface area contributed by atoms with Crippen molar-refractivity contribution in [2.45, 2.75) is 70.4 Å². The lowest BCUT2D eigenvalue weighted by Crippen LogP contribution is -2.21. The van der Waals surface area contributed by atoms with Gasteiger partial charge in [0.25, 0.3) is 0 Å². The first kappa shape index (κ1) is 32.0. The molecule has 2 rings (SSSR count). The number of carbonyl (C=O) groups is 2. The Bertz CT molecular complexity index is 874. The van der Waals surface area contributed by atoms with Crippen LogP contribution in [0.3, 0.4) is 0 Å². The van der Waals surface area contributed by atoms with Gasteiger partial charge in [-0.25, -0.2) is 4.79 Å². The van der Waals surface area contributed by atoms with Gasteiger partial charge in [0.15, 0.2) is 0 Å². The fourth-order valence-corrected chi connectivity index (χ4v) is 3.46. The molecule has 0 atom stereocenters. The third-order valence-corrected chi connectivity index (χ3v) is 5.49. The highest BCUT2D eigenvalue weighted by Crippen LogP contribution is 2.15. The number of carboxylic acids is 2. The van der Waals surface area contributed by atoms with Gasteiger partial charge < -0.3 is 20.3 Å². The maximum atomic E-state index is 10.6. The van der Waals surface area contributed by atoms with Crippen LogP contribution >= 0.6 is 0 Å². The number of nitrogens with one attached hydrogen (secondary N) is 1. The molecule has 6 nitrogen and oxygen atoms in total. The van der Waals surface area contributed by atoms with Crippen LogP contribution < -0.4 is 10.1 Å². The van der Waals surface area contributed by atoms with Crippen LogP contribution in [-0.4, -0.2) is 48.0 Å². The summed E-state index contributed by atoms with van der Waals surface area (Å²) in [6.45, 7) is 2.09. The number of halogens is 3. The predicted octanol–water partition coefficient (Wildman–Crippen LogP) is 6.28. The van der Waals surface area contributed by atoms with Crippen LogP contribution in [0.2, 0.25) is 0 Å². The highest BCUT2D eigenvalue weighted by molar-refractivity contribution is 5.73. The molecule has 37 heavy (non-hydrogen) atoms. The van der Waals surface area contributed by atoms with Crippen molar-refractivity contribution in [1.82, 2.24) is 5.32 Å². The molecule has 0 aliphatic heterocycles. The van der Waals surface area contributed by atoms with Crippen molar-refractivity contribution in [3.63, 3.8) is 0 Å². The molecule has 9 heteroatoms. The van der Waals surface area contributed by atoms with Gasteiger partial charge in [-0.2, -0.15) is 13.2 Å². The molecule has 0 aliphatic carbocycles. The van der Waals surface area contributed by atoms with Gasteiger partial charge in [-0.05, 0) is 55.5 Å². The monoisotopic (exact) mass is 525 g/mol. The van der Waals surface area contributed by atoms with Crippen LogP contribution in [0.4, 0.5) is 13.2 Å². The zero-order chi connectivity index (χ0) is 27.4. The van der Waals surface area contributed by atoms with Gasteiger partial charge >= 0.3 is 18.1 Å². The number of carboxylic acid groups (broad SMARTS) is 2. The third-order valence-electron chi connectivity index (χ3n) is 5.49. The minimum absolute atomic E-state index is 0.168. The molecule has 0 saturated heterocycles. The van der Waals surface area contributed by atoms with Crippen LogP contribution in [-0.2, 0) is 22.4 Å². The van der Waals surface area contributed by atoms with Crippen molar-refractivity contribution < 1.29 is 37.7 Å². The van der Waals surface area contributed by atoms with Crippen LogP contribution in [0.1, 0.15) is 62.5 Å². The molecule has 0 amide bonds. The Morgan fingerprint density at radius 3 is 1.84 bits per heavy atom. The first-order chi connectivity index (χ1) is 17.7. The lowest BCUT2D eigenvalue weighted by molar-refractivity contribution is -0.192. The number of rotatable bonds is 17. The molecule has 3 N–H and O–H groups in total. The quantitative estimate of drug-likeness (QED) is 0.211. The molecule has 0 unspecified atom stereocenters. The van der Waals surface area contributed by atoms with E-state index >= 15 is 0 Å². The van der Waals surface area contributed by atoms with Gasteiger partial charge in [0.05, 0.1) is 13.0 Å². The average Bonchev–Trinajstić information content (AvgIpc) is 2.86. The summed E-state index contributed by atoms with van der Waals surface area (Å²) >= 11 is 0. The van der Waals surface area contributed by atoms with E-state index in [1.54, 1.807) is 0 Å². The van der Waals surface area contributed by atoms with E-state index in [9.17, 15) is 18.0 Å². The molecule has 0 aliphatic rings. The van der Waals surface area contributed by atoms with E-state index in [1.165, 1.54) is 56.1 Å². The maximum Gasteiger partial charge on any atom is 0.490 e. The molecule has 2 aromatic carbocycles. The second-order valence-electron chi connectivity index (χ2n) is 8.65. The number of benzene rings is 2. The predicted molar refractivity (Wildman–Crippen MR) is 137 cm³/mol. The van der Waals surface area contributed by atoms with Gasteiger partial charge in [-0.3, -0.25) is 4.79 Å². The van der Waals surface area contributed by atoms with E-state index in [0.717, 1.165) is 31.7 Å². The first-order valence-electron chi connectivity index (χ1n) is 12.7. The number of unbranched alkanes of at least 4 members (excludes halogenated alkanes) is 6. The van der Waals surface area contributed by atoms with Crippen molar-refractivity contribution in [1.29, 1.82) is 0 Å². The van der Waals surface area contributed by atoms with Gasteiger partial charge in [-0.15, -0.1) is 0 Å². The molecule has 0 bridgehead atoms. The molecular formula is C28H38F3NO5. The topological polar surface area (TPSA) is 95.9 Å². The summed E-state index contributed by atoms with van der Waals surface area (Å²) in [5.74, 6) is -2.59. The van der Waals surface area contributed by atoms with Crippen molar-refractivity contribution in [2.24, 2.45) is 0 Å². The SMILES string of the molecule is O=C(O)C(F)(F)F.O=C(O)CCNCCc1ccc(OCCCCCCCCCc2ccccc2)cc1. The molecule has 0 aromatic heterocycles. The van der Waals surface area contributed by atoms with Crippen molar-refractivity contribution in [3.05, 3.63) is 65.7 Å². The normalized spacial score (nSPS) is 10.9. The van der Waals surface area contributed by atoms with Crippen molar-refractivity contribution >= 4 is 11.9 Å². The Balaban J connectivity index is 0.000000856. The Morgan fingerprint density at radius 2 is 1.27 bits per heavy atom. The van der Waals surface area contributed by atoms with Crippen LogP contribution in [0.5, 0.6) is 5.75 Å². The molecule has 0 spiro atoms. The number of ether oxygens (including phenoxy) is 1. The van der Waals surface area contributed by atoms with Gasteiger partial charge in [-0.1, -0.05) is 74.6 Å². The van der Waals surface area contributed by atoms with E-state index in [1.807, 2.05) is 12.1 Å². The van der Waals surface area contributed by atoms with Crippen molar-refractivity contribution in [3.8, 4) is 5.75 Å². The summed E-state index contributed by atoms with van der Waals surface area (Å²) in [4.78, 5) is 19.4. The van der Waals surface area contributed by atoms with Crippen molar-refractivity contribution in [2.75, 3.05) is 19.7 Å². The number of hydrogen-bond acceptors (Lipinski definition) is 4. The Morgan fingerprint density at radius 1 is 0.730 bits per heavy atom. The summed E-state index contributed by atoms with van der Waals surface area (Å²) < 4.78 is 37.6. The van der Waals surface area contributed by atoms with E-state index in [0.29, 0.717) is 6.54 Å². The van der Waals surface area contributed by atoms with Gasteiger partial charge in [0.2, 0.25) is 0 Å². The fraction of sp³-hybridized carbons (Fsp3) is 0.500. The Hall–Kier alpha value is -3.07. The highest BCUT2D eigenvalue weighted by Gasteiger charge is 2.38. The second kappa shape index (κ2) is 19.1. The maximum absolute atomic E-state index is 10.6. The summed E-state index contributed by atoms with van der Waals surface area (Å²) in [6, 6.07) is 19.0. The highest BCUT2D eigenvalue weighted by atomic mass is 19.4. The third kappa shape index (κ3) is 17.9. The fourth-order valence-electron chi connectivity index (χ4n) is 3.46. The summed E-state index contributed by atoms with van der Waals surface area (Å²) in [7, 11) is 0. The van der Waals surface area contributed by atoms with Gasteiger partial charge in [0.1, 0.15) is 5.75 Å². The summed E-state index contributed by atoms with van der Waals surface area (Å²) in [6.07, 6.45) is 6.10. The average molecular weight is 526 g/mol. The van der Waals surface area contributed by atoms with E-state index < -0.39 is 18.1 Å². The minimum atomic E-state index is -5.08. The molecular weight excluding hydrogens is 487 g/mol. The van der Waals surface area contributed by atoms with Crippen LogP contribution in [0.15, 0.2) is 54.6 Å². The van der Waals surface area contributed by atoms with E-state index in [2.05, 4.69) is 47.8 Å². The Kier molecular flexibility index (Phi) is 16.5. The molecule has 0 heterocycles. The molecule has 2 aromatic rings. The summed E-state index contributed by atoms with van der Waals surface area (Å²) in [5.41, 5.74) is 2.69. The lowest BCUT2D eigenvalue weighted by atomic mass is 10.0. The number of aliphatic carboxylic acids is 2. The Labute approximate surface area is 216 Å². The van der Waals surface area contributed by atoms with Crippen LogP contribution in [0, 0.1) is 0 Å². The zero-order valence-electron chi connectivity index (χ0n) is 21.1. The first-order valence-corrected chi connectivity index (χ1v) is 12.7.